The van der Waals surface area contributed by atoms with Crippen molar-refractivity contribution in [3.8, 4) is 0 Å². The summed E-state index contributed by atoms with van der Waals surface area (Å²) in [5.41, 5.74) is 0. The molecule has 0 aromatic rings. The second-order valence-corrected chi connectivity index (χ2v) is 20.3. The van der Waals surface area contributed by atoms with Crippen LogP contribution in [0.2, 0.25) is 0 Å². The predicted molar refractivity (Wildman–Crippen MR) is 282 cm³/mol. The second kappa shape index (κ2) is 54.4. The van der Waals surface area contributed by atoms with E-state index >= 15 is 0 Å². The Kier molecular flexibility index (Phi) is 53.4. The van der Waals surface area contributed by atoms with Gasteiger partial charge in [0.25, 0.3) is 0 Å². The van der Waals surface area contributed by atoms with E-state index in [1.165, 1.54) is 257 Å². The van der Waals surface area contributed by atoms with E-state index in [1.807, 2.05) is 0 Å². The highest BCUT2D eigenvalue weighted by atomic mass is 16.3. The van der Waals surface area contributed by atoms with Crippen LogP contribution in [0.25, 0.3) is 0 Å². The van der Waals surface area contributed by atoms with Crippen molar-refractivity contribution in [2.24, 2.45) is 0 Å². The van der Waals surface area contributed by atoms with E-state index in [-0.39, 0.29) is 18.9 Å². The summed E-state index contributed by atoms with van der Waals surface area (Å²) < 4.78 is 0. The molecule has 0 heterocycles. The van der Waals surface area contributed by atoms with Crippen molar-refractivity contribution < 1.29 is 20.1 Å². The van der Waals surface area contributed by atoms with Crippen molar-refractivity contribution in [2.75, 3.05) is 6.61 Å². The maximum atomic E-state index is 12.5. The van der Waals surface area contributed by atoms with Crippen LogP contribution in [-0.4, -0.2) is 46.1 Å². The molecule has 1 amide bonds. The standard InChI is InChI=1S/C59H115NO4/c1-3-5-7-9-11-13-15-17-19-21-23-24-25-26-27-28-29-30-31-32-33-34-35-36-38-40-42-44-46-48-50-52-56(62)54-59(64)60-57(55-61)58(63)53-51-49-47-45-43-41-39-37-22-20-18-16-14-12-10-8-6-4-2/h23-24,26-27,56-58,61-63H,3-22,25,28-55H2,1-2H3,(H,60,64)/b24-23-,27-26-. The van der Waals surface area contributed by atoms with Crippen LogP contribution < -0.4 is 5.32 Å². The Bertz CT molecular complexity index is 951. The number of nitrogens with one attached hydrogen (secondary N) is 1. The summed E-state index contributed by atoms with van der Waals surface area (Å²) in [4.78, 5) is 12.5. The van der Waals surface area contributed by atoms with Crippen LogP contribution in [0.1, 0.15) is 322 Å². The molecule has 0 saturated heterocycles. The molecule has 0 aromatic carbocycles. The van der Waals surface area contributed by atoms with Crippen molar-refractivity contribution in [2.45, 2.75) is 340 Å². The van der Waals surface area contributed by atoms with Crippen molar-refractivity contribution in [1.82, 2.24) is 5.32 Å². The number of unbranched alkanes of at least 4 members (excludes halogenated alkanes) is 41. The Morgan fingerprint density at radius 2 is 0.672 bits per heavy atom. The highest BCUT2D eigenvalue weighted by molar-refractivity contribution is 5.76. The maximum absolute atomic E-state index is 12.5. The predicted octanol–water partition coefficient (Wildman–Crippen LogP) is 18.1. The zero-order chi connectivity index (χ0) is 46.5. The van der Waals surface area contributed by atoms with Gasteiger partial charge in [-0.3, -0.25) is 4.79 Å². The third-order valence-corrected chi connectivity index (χ3v) is 13.8. The molecular weight excluding hydrogens is 787 g/mol. The minimum Gasteiger partial charge on any atom is -0.394 e. The molecule has 3 unspecified atom stereocenters. The van der Waals surface area contributed by atoms with Crippen molar-refractivity contribution >= 4 is 5.91 Å². The summed E-state index contributed by atoms with van der Waals surface area (Å²) in [5, 5.41) is 33.6. The molecule has 0 rings (SSSR count). The molecule has 0 saturated carbocycles. The lowest BCUT2D eigenvalue weighted by Crippen LogP contribution is -2.46. The van der Waals surface area contributed by atoms with Gasteiger partial charge in [-0.05, 0) is 44.9 Å². The largest absolute Gasteiger partial charge is 0.394 e. The average molecular weight is 903 g/mol. The van der Waals surface area contributed by atoms with Gasteiger partial charge in [-0.15, -0.1) is 0 Å². The Hall–Kier alpha value is -1.17. The van der Waals surface area contributed by atoms with Crippen LogP contribution in [0.15, 0.2) is 24.3 Å². The van der Waals surface area contributed by atoms with Crippen LogP contribution in [0.3, 0.4) is 0 Å². The summed E-state index contributed by atoms with van der Waals surface area (Å²) in [6, 6.07) is -0.657. The maximum Gasteiger partial charge on any atom is 0.222 e. The first kappa shape index (κ1) is 62.8. The van der Waals surface area contributed by atoms with Crippen LogP contribution in [0.5, 0.6) is 0 Å². The number of carbonyl (C=O) groups excluding carboxylic acids is 1. The van der Waals surface area contributed by atoms with Crippen LogP contribution in [0, 0.1) is 0 Å². The fourth-order valence-corrected chi connectivity index (χ4v) is 9.32. The Labute approximate surface area is 401 Å². The lowest BCUT2D eigenvalue weighted by atomic mass is 10.0. The third-order valence-electron chi connectivity index (χ3n) is 13.8. The lowest BCUT2D eigenvalue weighted by molar-refractivity contribution is -0.125. The Morgan fingerprint density at radius 1 is 0.391 bits per heavy atom. The van der Waals surface area contributed by atoms with Gasteiger partial charge in [0.1, 0.15) is 0 Å². The third kappa shape index (κ3) is 50.2. The Morgan fingerprint density at radius 3 is 0.984 bits per heavy atom. The molecule has 0 bridgehead atoms. The molecule has 0 aliphatic carbocycles. The van der Waals surface area contributed by atoms with Gasteiger partial charge >= 0.3 is 0 Å². The van der Waals surface area contributed by atoms with Crippen molar-refractivity contribution in [3.05, 3.63) is 24.3 Å². The van der Waals surface area contributed by atoms with Crippen molar-refractivity contribution in [3.63, 3.8) is 0 Å². The molecule has 0 fully saturated rings. The van der Waals surface area contributed by atoms with Crippen LogP contribution in [-0.2, 0) is 4.79 Å². The second-order valence-electron chi connectivity index (χ2n) is 20.3. The summed E-state index contributed by atoms with van der Waals surface area (Å²) in [6.07, 6.45) is 69.1. The zero-order valence-corrected chi connectivity index (χ0v) is 43.4. The molecule has 380 valence electrons. The monoisotopic (exact) mass is 902 g/mol. The van der Waals surface area contributed by atoms with E-state index < -0.39 is 18.2 Å². The fourth-order valence-electron chi connectivity index (χ4n) is 9.32. The van der Waals surface area contributed by atoms with Gasteiger partial charge in [0.05, 0.1) is 31.3 Å². The minimum absolute atomic E-state index is 0.0395. The zero-order valence-electron chi connectivity index (χ0n) is 43.4. The fraction of sp³-hybridized carbons (Fsp3) is 0.915. The summed E-state index contributed by atoms with van der Waals surface area (Å²) >= 11 is 0. The average Bonchev–Trinajstić information content (AvgIpc) is 3.29. The number of amides is 1. The first-order chi connectivity index (χ1) is 31.5. The first-order valence-corrected chi connectivity index (χ1v) is 29.1. The molecular formula is C59H115NO4. The molecule has 0 radical (unpaired) electrons. The van der Waals surface area contributed by atoms with Gasteiger partial charge < -0.3 is 20.6 Å². The summed E-state index contributed by atoms with van der Waals surface area (Å²) in [5.74, 6) is -0.278. The van der Waals surface area contributed by atoms with E-state index in [9.17, 15) is 20.1 Å². The smallest absolute Gasteiger partial charge is 0.222 e. The van der Waals surface area contributed by atoms with E-state index in [0.717, 1.165) is 32.1 Å². The van der Waals surface area contributed by atoms with E-state index in [2.05, 4.69) is 43.5 Å². The van der Waals surface area contributed by atoms with Gasteiger partial charge in [0.15, 0.2) is 0 Å². The quantitative estimate of drug-likeness (QED) is 0.0362. The van der Waals surface area contributed by atoms with Crippen molar-refractivity contribution in [1.29, 1.82) is 0 Å². The molecule has 4 N–H and O–H groups in total. The molecule has 5 heteroatoms. The number of aliphatic hydroxyl groups excluding tert-OH is 3. The van der Waals surface area contributed by atoms with Crippen LogP contribution in [0.4, 0.5) is 0 Å². The topological polar surface area (TPSA) is 89.8 Å². The highest BCUT2D eigenvalue weighted by Gasteiger charge is 2.21. The Balaban J connectivity index is 3.50. The van der Waals surface area contributed by atoms with Crippen LogP contribution >= 0.6 is 0 Å². The number of aliphatic hydroxyl groups is 3. The minimum atomic E-state index is -0.748. The number of hydrogen-bond acceptors (Lipinski definition) is 4. The molecule has 0 spiro atoms. The summed E-state index contributed by atoms with van der Waals surface area (Å²) in [7, 11) is 0. The van der Waals surface area contributed by atoms with Gasteiger partial charge in [0, 0.05) is 0 Å². The summed E-state index contributed by atoms with van der Waals surface area (Å²) in [6.45, 7) is 4.30. The van der Waals surface area contributed by atoms with E-state index in [0.29, 0.717) is 12.8 Å². The first-order valence-electron chi connectivity index (χ1n) is 29.1. The van der Waals surface area contributed by atoms with Gasteiger partial charge in [0.2, 0.25) is 5.91 Å². The van der Waals surface area contributed by atoms with Gasteiger partial charge in [-0.1, -0.05) is 295 Å². The molecule has 3 atom stereocenters. The number of hydrogen-bond donors (Lipinski definition) is 4. The molecule has 0 aliphatic rings. The number of rotatable bonds is 54. The number of carbonyl (C=O) groups is 1. The SMILES string of the molecule is CCCCCCCCCCC/C=C\C/C=C\CCCCCCCCCCCCCCCCCC(O)CC(=O)NC(CO)C(O)CCCCCCCCCCCCCCCCCCCC. The van der Waals surface area contributed by atoms with E-state index in [1.54, 1.807) is 0 Å². The van der Waals surface area contributed by atoms with Gasteiger partial charge in [-0.2, -0.15) is 0 Å². The van der Waals surface area contributed by atoms with E-state index in [4.69, 9.17) is 0 Å². The lowest BCUT2D eigenvalue weighted by Gasteiger charge is -2.23. The normalized spacial score (nSPS) is 13.4. The molecule has 0 aliphatic heterocycles. The molecule has 0 aromatic heterocycles. The molecule has 64 heavy (non-hydrogen) atoms. The highest BCUT2D eigenvalue weighted by Crippen LogP contribution is 2.18. The molecule has 5 nitrogen and oxygen atoms in total. The van der Waals surface area contributed by atoms with Gasteiger partial charge in [-0.25, -0.2) is 0 Å². The number of allylic oxidation sites excluding steroid dienone is 4.